The summed E-state index contributed by atoms with van der Waals surface area (Å²) in [7, 11) is -4.06. The highest BCUT2D eigenvalue weighted by Gasteiger charge is 2.31. The number of nitro groups is 1. The minimum absolute atomic E-state index is 0.218. The van der Waals surface area contributed by atoms with Crippen molar-refractivity contribution in [3.8, 4) is 6.07 Å². The van der Waals surface area contributed by atoms with E-state index in [4.69, 9.17) is 10.00 Å². The minimum Gasteiger partial charge on any atom is -0.460 e. The number of nitriles is 1. The van der Waals surface area contributed by atoms with Crippen LogP contribution in [0.5, 0.6) is 0 Å². The van der Waals surface area contributed by atoms with Gasteiger partial charge in [-0.05, 0) is 25.1 Å². The van der Waals surface area contributed by atoms with E-state index in [2.05, 4.69) is 0 Å². The molecule has 2 aromatic rings. The molecule has 0 N–H and O–H groups in total. The van der Waals surface area contributed by atoms with Crippen molar-refractivity contribution < 1.29 is 22.9 Å². The third-order valence-electron chi connectivity index (χ3n) is 3.68. The highest BCUT2D eigenvalue weighted by Crippen LogP contribution is 2.21. The van der Waals surface area contributed by atoms with Crippen molar-refractivity contribution in [2.24, 2.45) is 0 Å². The van der Waals surface area contributed by atoms with E-state index in [0.717, 1.165) is 24.3 Å². The molecule has 1 atom stereocenters. The van der Waals surface area contributed by atoms with Gasteiger partial charge in [0.25, 0.3) is 5.69 Å². The smallest absolute Gasteiger partial charge is 0.324 e. The Morgan fingerprint density at radius 3 is 2.42 bits per heavy atom. The Bertz CT molecular complexity index is 977. The first-order chi connectivity index (χ1) is 12.3. The second-order valence-electron chi connectivity index (χ2n) is 5.31. The zero-order chi connectivity index (χ0) is 19.3. The third-order valence-corrected chi connectivity index (χ3v) is 5.73. The Balaban J connectivity index is 2.13. The molecule has 0 amide bonds. The molecular weight excluding hydrogens is 360 g/mol. The summed E-state index contributed by atoms with van der Waals surface area (Å²) in [6, 6.07) is 12.7. The Morgan fingerprint density at radius 2 is 1.85 bits per heavy atom. The van der Waals surface area contributed by atoms with Crippen molar-refractivity contribution >= 4 is 21.5 Å². The van der Waals surface area contributed by atoms with Crippen LogP contribution in [0.2, 0.25) is 0 Å². The maximum atomic E-state index is 12.5. The second-order valence-corrected chi connectivity index (χ2v) is 7.58. The van der Waals surface area contributed by atoms with E-state index in [0.29, 0.717) is 11.1 Å². The van der Waals surface area contributed by atoms with Crippen molar-refractivity contribution in [3.63, 3.8) is 0 Å². The Morgan fingerprint density at radius 1 is 1.23 bits per heavy atom. The standard InChI is InChI=1S/C17H14N2O6S/c1-12(17(20)25-11-14-5-3-2-4-13(14)10-18)26(23,24)16-8-6-15(7-9-16)19(21)22/h2-9,12H,11H2,1H3/t12-/m1/s1. The predicted octanol–water partition coefficient (Wildman–Crippen LogP) is 2.37. The normalized spacial score (nSPS) is 12.0. The molecule has 8 nitrogen and oxygen atoms in total. The topological polar surface area (TPSA) is 127 Å². The minimum atomic E-state index is -4.06. The molecule has 0 fully saturated rings. The van der Waals surface area contributed by atoms with E-state index in [9.17, 15) is 23.3 Å². The number of sulfone groups is 1. The van der Waals surface area contributed by atoms with Gasteiger partial charge in [0.2, 0.25) is 0 Å². The predicted molar refractivity (Wildman–Crippen MR) is 90.7 cm³/mol. The number of non-ortho nitro benzene ring substituents is 1. The first kappa shape index (κ1) is 19.1. The average molecular weight is 374 g/mol. The van der Waals surface area contributed by atoms with Crippen molar-refractivity contribution in [1.82, 2.24) is 0 Å². The second kappa shape index (κ2) is 7.76. The molecule has 0 bridgehead atoms. The van der Waals surface area contributed by atoms with Gasteiger partial charge in [0, 0.05) is 17.7 Å². The zero-order valence-corrected chi connectivity index (χ0v) is 14.5. The summed E-state index contributed by atoms with van der Waals surface area (Å²) < 4.78 is 30.0. The van der Waals surface area contributed by atoms with Gasteiger partial charge < -0.3 is 4.74 Å². The molecule has 0 saturated heterocycles. The summed E-state index contributed by atoms with van der Waals surface area (Å²) in [5.74, 6) is -0.976. The summed E-state index contributed by atoms with van der Waals surface area (Å²) in [4.78, 5) is 21.9. The van der Waals surface area contributed by atoms with Crippen LogP contribution in [0.3, 0.4) is 0 Å². The van der Waals surface area contributed by atoms with Crippen LogP contribution < -0.4 is 0 Å². The number of carbonyl (C=O) groups is 1. The number of nitrogens with zero attached hydrogens (tertiary/aromatic N) is 2. The molecule has 0 aromatic heterocycles. The third kappa shape index (κ3) is 4.04. The molecule has 0 saturated carbocycles. The van der Waals surface area contributed by atoms with Crippen LogP contribution in [-0.2, 0) is 26.0 Å². The lowest BCUT2D eigenvalue weighted by atomic mass is 10.1. The largest absolute Gasteiger partial charge is 0.460 e. The Kier molecular flexibility index (Phi) is 5.69. The average Bonchev–Trinajstić information content (AvgIpc) is 2.65. The SMILES string of the molecule is C[C@H](C(=O)OCc1ccccc1C#N)S(=O)(=O)c1ccc([N+](=O)[O-])cc1. The van der Waals surface area contributed by atoms with Gasteiger partial charge in [-0.3, -0.25) is 14.9 Å². The maximum Gasteiger partial charge on any atom is 0.324 e. The molecule has 26 heavy (non-hydrogen) atoms. The fourth-order valence-corrected chi connectivity index (χ4v) is 3.35. The molecule has 0 aliphatic carbocycles. The van der Waals surface area contributed by atoms with Gasteiger partial charge in [0.15, 0.2) is 15.1 Å². The van der Waals surface area contributed by atoms with Crippen molar-refractivity contribution in [3.05, 3.63) is 69.8 Å². The molecule has 0 aliphatic heterocycles. The number of nitro benzene ring substituents is 1. The van der Waals surface area contributed by atoms with E-state index in [1.165, 1.54) is 6.92 Å². The Labute approximate surface area is 149 Å². The number of ether oxygens (including phenoxy) is 1. The fraction of sp³-hybridized carbons (Fsp3) is 0.176. The van der Waals surface area contributed by atoms with Crippen molar-refractivity contribution in [2.75, 3.05) is 0 Å². The van der Waals surface area contributed by atoms with Crippen LogP contribution in [0, 0.1) is 21.4 Å². The Hall–Kier alpha value is -3.25. The fourth-order valence-electron chi connectivity index (χ4n) is 2.11. The molecule has 2 aromatic carbocycles. The summed E-state index contributed by atoms with van der Waals surface area (Å²) in [5, 5.41) is 18.1. The van der Waals surface area contributed by atoms with E-state index < -0.39 is 26.0 Å². The van der Waals surface area contributed by atoms with Gasteiger partial charge in [-0.1, -0.05) is 18.2 Å². The summed E-state index contributed by atoms with van der Waals surface area (Å²) in [6.07, 6.45) is 0. The number of carbonyl (C=O) groups excluding carboxylic acids is 1. The molecule has 0 heterocycles. The molecule has 9 heteroatoms. The van der Waals surface area contributed by atoms with E-state index in [1.54, 1.807) is 24.3 Å². The van der Waals surface area contributed by atoms with Crippen LogP contribution in [0.15, 0.2) is 53.4 Å². The summed E-state index contributed by atoms with van der Waals surface area (Å²) >= 11 is 0. The zero-order valence-electron chi connectivity index (χ0n) is 13.7. The highest BCUT2D eigenvalue weighted by molar-refractivity contribution is 7.92. The van der Waals surface area contributed by atoms with Crippen molar-refractivity contribution in [1.29, 1.82) is 5.26 Å². The number of esters is 1. The molecular formula is C17H14N2O6S. The van der Waals surface area contributed by atoms with Crippen LogP contribution >= 0.6 is 0 Å². The number of hydrogen-bond acceptors (Lipinski definition) is 7. The first-order valence-electron chi connectivity index (χ1n) is 7.40. The molecule has 0 aliphatic rings. The van der Waals surface area contributed by atoms with Gasteiger partial charge >= 0.3 is 5.97 Å². The number of rotatable bonds is 6. The van der Waals surface area contributed by atoms with Gasteiger partial charge in [0.05, 0.1) is 21.5 Å². The highest BCUT2D eigenvalue weighted by atomic mass is 32.2. The molecule has 0 spiro atoms. The van der Waals surface area contributed by atoms with E-state index in [-0.39, 0.29) is 17.2 Å². The van der Waals surface area contributed by atoms with Crippen LogP contribution in [0.25, 0.3) is 0 Å². The maximum absolute atomic E-state index is 12.5. The quantitative estimate of drug-likeness (QED) is 0.431. The lowest BCUT2D eigenvalue weighted by Crippen LogP contribution is -2.29. The van der Waals surface area contributed by atoms with Crippen LogP contribution in [0.4, 0.5) is 5.69 Å². The van der Waals surface area contributed by atoms with Gasteiger partial charge in [-0.15, -0.1) is 0 Å². The molecule has 2 rings (SSSR count). The lowest BCUT2D eigenvalue weighted by molar-refractivity contribution is -0.384. The lowest BCUT2D eigenvalue weighted by Gasteiger charge is -2.13. The van der Waals surface area contributed by atoms with Gasteiger partial charge in [-0.2, -0.15) is 5.26 Å². The molecule has 0 radical (unpaired) electrons. The number of benzene rings is 2. The van der Waals surface area contributed by atoms with Gasteiger partial charge in [-0.25, -0.2) is 8.42 Å². The summed E-state index contributed by atoms with van der Waals surface area (Å²) in [6.45, 7) is 0.942. The first-order valence-corrected chi connectivity index (χ1v) is 8.95. The van der Waals surface area contributed by atoms with E-state index in [1.807, 2.05) is 6.07 Å². The van der Waals surface area contributed by atoms with Crippen molar-refractivity contribution in [2.45, 2.75) is 23.7 Å². The monoisotopic (exact) mass is 374 g/mol. The van der Waals surface area contributed by atoms with Crippen LogP contribution in [-0.4, -0.2) is 24.6 Å². The van der Waals surface area contributed by atoms with E-state index >= 15 is 0 Å². The van der Waals surface area contributed by atoms with Gasteiger partial charge in [0.1, 0.15) is 6.61 Å². The number of hydrogen-bond donors (Lipinski definition) is 0. The summed E-state index contributed by atoms with van der Waals surface area (Å²) in [5.41, 5.74) is 0.529. The molecule has 134 valence electrons. The van der Waals surface area contributed by atoms with Crippen LogP contribution in [0.1, 0.15) is 18.1 Å². The molecule has 0 unspecified atom stereocenters.